The molecule has 282 valence electrons. The predicted molar refractivity (Wildman–Crippen MR) is 230 cm³/mol. The number of hydrogen-bond donors (Lipinski definition) is 3. The van der Waals surface area contributed by atoms with Crippen molar-refractivity contribution >= 4 is 73.2 Å². The Morgan fingerprint density at radius 3 is 0.771 bits per heavy atom. The highest BCUT2D eigenvalue weighted by molar-refractivity contribution is 7.99. The van der Waals surface area contributed by atoms with Crippen molar-refractivity contribution in [2.24, 2.45) is 0 Å². The molecule has 0 saturated heterocycles. The Kier molecular flexibility index (Phi) is 33.5. The smallest absolute Gasteiger partial charge is 0.247 e. The predicted octanol–water partition coefficient (Wildman–Crippen LogP) is 9.35. The average molecular weight is 784 g/mol. The molecule has 1 heterocycles. The van der Waals surface area contributed by atoms with E-state index in [0.717, 1.165) is 71.0 Å². The number of thiol groups is 3. The van der Waals surface area contributed by atoms with Crippen LogP contribution < -0.4 is 17.1 Å². The van der Waals surface area contributed by atoms with E-state index in [2.05, 4.69) is 37.9 Å². The molecule has 0 aliphatic heterocycles. The lowest BCUT2D eigenvalue weighted by Gasteiger charge is -2.14. The fourth-order valence-electron chi connectivity index (χ4n) is 5.61. The quantitative estimate of drug-likeness (QED) is 0.0466. The van der Waals surface area contributed by atoms with E-state index in [9.17, 15) is 14.4 Å². The van der Waals surface area contributed by atoms with E-state index in [4.69, 9.17) is 0 Å². The van der Waals surface area contributed by atoms with Crippen molar-refractivity contribution in [3.63, 3.8) is 0 Å². The van der Waals surface area contributed by atoms with E-state index < -0.39 is 17.1 Å². The third-order valence-corrected chi connectivity index (χ3v) is 12.9. The monoisotopic (exact) mass is 783 g/mol. The highest BCUT2D eigenvalue weighted by atomic mass is 32.2. The van der Waals surface area contributed by atoms with Crippen LogP contribution in [0, 0.1) is 0 Å². The zero-order valence-electron chi connectivity index (χ0n) is 30.0. The van der Waals surface area contributed by atoms with Gasteiger partial charge in [-0.15, -0.1) is 0 Å². The third-order valence-electron chi connectivity index (χ3n) is 8.49. The van der Waals surface area contributed by atoms with Crippen molar-refractivity contribution in [3.8, 4) is 0 Å². The van der Waals surface area contributed by atoms with Crippen LogP contribution in [0.2, 0.25) is 0 Å². The third kappa shape index (κ3) is 23.9. The second-order valence-corrected chi connectivity index (χ2v) is 17.8. The van der Waals surface area contributed by atoms with Gasteiger partial charge in [0.1, 0.15) is 0 Å². The van der Waals surface area contributed by atoms with Gasteiger partial charge in [-0.3, -0.25) is 0 Å². The number of unbranched alkanes of at least 4 members (excludes halogenated alkanes) is 15. The molecule has 0 saturated carbocycles. The molecule has 0 aromatic carbocycles. The molecule has 1 aromatic rings. The maximum atomic E-state index is 13.4. The van der Waals surface area contributed by atoms with E-state index in [1.54, 1.807) is 0 Å². The lowest BCUT2D eigenvalue weighted by atomic mass is 10.1. The Bertz CT molecular complexity index is 890. The minimum Gasteiger partial charge on any atom is -0.247 e. The van der Waals surface area contributed by atoms with Crippen molar-refractivity contribution in [2.75, 3.05) is 51.8 Å². The SMILES string of the molecule is O=c1n(CCCSCCCCCCCCS)c(=O)n(CCCSCCCCCCCCS)c(=O)n1CCCSCCCCCCCCS. The van der Waals surface area contributed by atoms with Crippen molar-refractivity contribution in [2.45, 2.75) is 154 Å². The van der Waals surface area contributed by atoms with Gasteiger partial charge < -0.3 is 0 Å². The van der Waals surface area contributed by atoms with Gasteiger partial charge in [-0.05, 0) is 110 Å². The lowest BCUT2D eigenvalue weighted by molar-refractivity contribution is 0.440. The normalized spacial score (nSPS) is 11.6. The Hall–Kier alpha value is 0.510. The molecule has 0 aliphatic carbocycles. The van der Waals surface area contributed by atoms with Crippen LogP contribution in [-0.4, -0.2) is 65.5 Å². The second kappa shape index (κ2) is 34.6. The maximum absolute atomic E-state index is 13.4. The molecule has 0 unspecified atom stereocenters. The van der Waals surface area contributed by atoms with Gasteiger partial charge in [-0.25, -0.2) is 28.1 Å². The van der Waals surface area contributed by atoms with Gasteiger partial charge >= 0.3 is 17.1 Å². The van der Waals surface area contributed by atoms with Crippen LogP contribution in [0.3, 0.4) is 0 Å². The van der Waals surface area contributed by atoms with E-state index in [1.807, 2.05) is 35.3 Å². The first-order valence-electron chi connectivity index (χ1n) is 19.1. The molecule has 12 heteroatoms. The Morgan fingerprint density at radius 2 is 0.521 bits per heavy atom. The topological polar surface area (TPSA) is 66.0 Å². The van der Waals surface area contributed by atoms with Crippen LogP contribution >= 0.6 is 73.2 Å². The van der Waals surface area contributed by atoms with Crippen LogP contribution in [0.4, 0.5) is 0 Å². The van der Waals surface area contributed by atoms with Gasteiger partial charge in [0.25, 0.3) is 0 Å². The molecule has 0 spiro atoms. The number of aromatic nitrogens is 3. The fourth-order valence-corrected chi connectivity index (χ4v) is 9.11. The molecule has 48 heavy (non-hydrogen) atoms. The molecule has 0 atom stereocenters. The zero-order chi connectivity index (χ0) is 34.9. The highest BCUT2D eigenvalue weighted by Gasteiger charge is 2.15. The summed E-state index contributed by atoms with van der Waals surface area (Å²) in [7, 11) is 0. The number of nitrogens with zero attached hydrogens (tertiary/aromatic N) is 3. The molecule has 6 nitrogen and oxygen atoms in total. The molecule has 0 N–H and O–H groups in total. The summed E-state index contributed by atoms with van der Waals surface area (Å²) in [5.74, 6) is 9.05. The lowest BCUT2D eigenvalue weighted by Crippen LogP contribution is -2.54. The summed E-state index contributed by atoms with van der Waals surface area (Å²) < 4.78 is 4.02. The summed E-state index contributed by atoms with van der Waals surface area (Å²) in [5.41, 5.74) is -1.28. The van der Waals surface area contributed by atoms with Crippen LogP contribution in [0.15, 0.2) is 14.4 Å². The second-order valence-electron chi connectivity index (χ2n) is 12.7. The van der Waals surface area contributed by atoms with Gasteiger partial charge in [0.2, 0.25) is 0 Å². The number of thioether (sulfide) groups is 3. The molecule has 0 bridgehead atoms. The maximum Gasteiger partial charge on any atom is 0.336 e. The van der Waals surface area contributed by atoms with Crippen LogP contribution in [0.1, 0.15) is 135 Å². The van der Waals surface area contributed by atoms with Crippen molar-refractivity contribution < 1.29 is 0 Å². The summed E-state index contributed by atoms with van der Waals surface area (Å²) in [6, 6.07) is 0. The molecule has 0 radical (unpaired) electrons. The summed E-state index contributed by atoms with van der Waals surface area (Å²) in [4.78, 5) is 40.3. The van der Waals surface area contributed by atoms with Crippen LogP contribution in [0.5, 0.6) is 0 Å². The molecular weight excluding hydrogens is 715 g/mol. The molecular formula is C36H69N3O3S6. The molecule has 0 aliphatic rings. The zero-order valence-corrected chi connectivity index (χ0v) is 35.1. The van der Waals surface area contributed by atoms with E-state index in [-0.39, 0.29) is 0 Å². The van der Waals surface area contributed by atoms with Crippen LogP contribution in [-0.2, 0) is 19.6 Å². The van der Waals surface area contributed by atoms with Gasteiger partial charge in [-0.1, -0.05) is 77.0 Å². The summed E-state index contributed by atoms with van der Waals surface area (Å²) in [5, 5.41) is 0. The molecule has 1 aromatic heterocycles. The first-order chi connectivity index (χ1) is 23.6. The first-order valence-corrected chi connectivity index (χ1v) is 24.4. The van der Waals surface area contributed by atoms with E-state index in [1.165, 1.54) is 129 Å². The van der Waals surface area contributed by atoms with Crippen LogP contribution in [0.25, 0.3) is 0 Å². The largest absolute Gasteiger partial charge is 0.336 e. The standard InChI is InChI=1S/C36H69N3O3S6/c40-34-37(22-19-31-46-28-16-10-4-1-7-13-25-43)35(41)39(24-21-33-48-30-18-12-6-3-9-15-27-45)36(42)38(34)23-20-32-47-29-17-11-5-2-8-14-26-44/h43-45H,1-33H2. The van der Waals surface area contributed by atoms with E-state index in [0.29, 0.717) is 19.6 Å². The average Bonchev–Trinajstić information content (AvgIpc) is 3.08. The van der Waals surface area contributed by atoms with Gasteiger partial charge in [0.15, 0.2) is 0 Å². The van der Waals surface area contributed by atoms with Gasteiger partial charge in [0.05, 0.1) is 0 Å². The minimum absolute atomic E-state index is 0.375. The fraction of sp³-hybridized carbons (Fsp3) is 0.917. The Balaban J connectivity index is 2.61. The van der Waals surface area contributed by atoms with Crippen molar-refractivity contribution in [1.29, 1.82) is 0 Å². The summed E-state index contributed by atoms with van der Waals surface area (Å²) >= 11 is 18.6. The molecule has 1 rings (SSSR count). The van der Waals surface area contributed by atoms with E-state index >= 15 is 0 Å². The van der Waals surface area contributed by atoms with Gasteiger partial charge in [0, 0.05) is 19.6 Å². The molecule has 0 fully saturated rings. The van der Waals surface area contributed by atoms with Crippen molar-refractivity contribution in [3.05, 3.63) is 31.5 Å². The first kappa shape index (κ1) is 46.5. The Labute approximate surface area is 322 Å². The summed E-state index contributed by atoms with van der Waals surface area (Å²) in [6.07, 6.45) is 24.9. The number of rotatable bonds is 36. The van der Waals surface area contributed by atoms with Gasteiger partial charge in [-0.2, -0.15) is 73.2 Å². The van der Waals surface area contributed by atoms with Crippen molar-refractivity contribution in [1.82, 2.24) is 13.7 Å². The molecule has 0 amide bonds. The summed E-state index contributed by atoms with van der Waals surface area (Å²) in [6.45, 7) is 1.13. The minimum atomic E-state index is -0.428. The highest BCUT2D eigenvalue weighted by Crippen LogP contribution is 2.13. The number of hydrogen-bond acceptors (Lipinski definition) is 9. The Morgan fingerprint density at radius 1 is 0.312 bits per heavy atom.